The predicted molar refractivity (Wildman–Crippen MR) is 127 cm³/mol. The molecule has 0 aliphatic carbocycles. The summed E-state index contributed by atoms with van der Waals surface area (Å²) in [5.74, 6) is 2.31. The number of aryl methyl sites for hydroxylation is 1. The Morgan fingerprint density at radius 2 is 1.62 bits per heavy atom. The van der Waals surface area contributed by atoms with E-state index in [1.54, 1.807) is 66.4 Å². The van der Waals surface area contributed by atoms with Gasteiger partial charge in [0, 0.05) is 23.0 Å². The van der Waals surface area contributed by atoms with Crippen molar-refractivity contribution >= 4 is 11.6 Å². The summed E-state index contributed by atoms with van der Waals surface area (Å²) in [6.07, 6.45) is 0. The van der Waals surface area contributed by atoms with Crippen molar-refractivity contribution in [3.63, 3.8) is 0 Å². The lowest BCUT2D eigenvalue weighted by atomic mass is 10.2. The number of benzene rings is 2. The van der Waals surface area contributed by atoms with Crippen LogP contribution in [0.4, 0.5) is 5.69 Å². The number of hydrogen-bond acceptors (Lipinski definition) is 7. The molecule has 4 rings (SSSR count). The molecule has 2 aromatic carbocycles. The molecular formula is C25H25N5O4. The van der Waals surface area contributed by atoms with E-state index < -0.39 is 0 Å². The SMILES string of the molecule is COc1ccc(C(=O)Nc2ccc(Oc3ccc(-n4nc(C)c(C)c4C)nn3)cc2)cc1OC. The highest BCUT2D eigenvalue weighted by Crippen LogP contribution is 2.28. The summed E-state index contributed by atoms with van der Waals surface area (Å²) in [6, 6.07) is 15.5. The summed E-state index contributed by atoms with van der Waals surface area (Å²) >= 11 is 0. The topological polar surface area (TPSA) is 100 Å². The van der Waals surface area contributed by atoms with Crippen LogP contribution in [0.25, 0.3) is 5.82 Å². The van der Waals surface area contributed by atoms with Crippen LogP contribution < -0.4 is 19.5 Å². The van der Waals surface area contributed by atoms with Crippen molar-refractivity contribution in [1.82, 2.24) is 20.0 Å². The lowest BCUT2D eigenvalue weighted by Crippen LogP contribution is -2.12. The summed E-state index contributed by atoms with van der Waals surface area (Å²) in [7, 11) is 3.07. The van der Waals surface area contributed by atoms with Crippen molar-refractivity contribution in [3.8, 4) is 28.9 Å². The molecule has 174 valence electrons. The highest BCUT2D eigenvalue weighted by atomic mass is 16.5. The largest absolute Gasteiger partial charge is 0.493 e. The standard InChI is InChI=1S/C25H25N5O4/c1-15-16(2)29-30(17(15)3)23-12-13-24(28-27-23)34-20-9-7-19(8-10-20)26-25(31)18-6-11-21(32-4)22(14-18)33-5/h6-14H,1-5H3,(H,26,31). The molecule has 34 heavy (non-hydrogen) atoms. The van der Waals surface area contributed by atoms with Crippen LogP contribution in [-0.2, 0) is 0 Å². The molecule has 2 heterocycles. The molecule has 0 saturated heterocycles. The van der Waals surface area contributed by atoms with Crippen molar-refractivity contribution in [1.29, 1.82) is 0 Å². The molecule has 0 saturated carbocycles. The number of aromatic nitrogens is 4. The van der Waals surface area contributed by atoms with Crippen LogP contribution in [0.5, 0.6) is 23.1 Å². The average molecular weight is 460 g/mol. The Balaban J connectivity index is 1.41. The monoisotopic (exact) mass is 459 g/mol. The van der Waals surface area contributed by atoms with Gasteiger partial charge in [-0.1, -0.05) is 0 Å². The maximum Gasteiger partial charge on any atom is 0.255 e. The Morgan fingerprint density at radius 3 is 2.21 bits per heavy atom. The number of nitrogens with zero attached hydrogens (tertiary/aromatic N) is 4. The number of amides is 1. The first-order valence-corrected chi connectivity index (χ1v) is 10.6. The van der Waals surface area contributed by atoms with Crippen LogP contribution in [0.3, 0.4) is 0 Å². The molecule has 4 aromatic rings. The van der Waals surface area contributed by atoms with Gasteiger partial charge in [-0.15, -0.1) is 10.2 Å². The Labute approximate surface area is 197 Å². The fourth-order valence-corrected chi connectivity index (χ4v) is 3.33. The van der Waals surface area contributed by atoms with E-state index >= 15 is 0 Å². The fourth-order valence-electron chi connectivity index (χ4n) is 3.33. The third kappa shape index (κ3) is 4.68. The number of rotatable bonds is 7. The lowest BCUT2D eigenvalue weighted by molar-refractivity contribution is 0.102. The van der Waals surface area contributed by atoms with Gasteiger partial charge in [-0.3, -0.25) is 4.79 Å². The highest BCUT2D eigenvalue weighted by molar-refractivity contribution is 6.04. The molecular weight excluding hydrogens is 434 g/mol. The first kappa shape index (κ1) is 22.8. The number of anilines is 1. The molecule has 0 aliphatic heterocycles. The summed E-state index contributed by atoms with van der Waals surface area (Å²) < 4.78 is 18.0. The van der Waals surface area contributed by atoms with Crippen LogP contribution in [0, 0.1) is 20.8 Å². The maximum absolute atomic E-state index is 12.6. The number of ether oxygens (including phenoxy) is 3. The summed E-state index contributed by atoms with van der Waals surface area (Å²) in [4.78, 5) is 12.6. The van der Waals surface area contributed by atoms with Crippen molar-refractivity contribution in [2.75, 3.05) is 19.5 Å². The van der Waals surface area contributed by atoms with E-state index in [1.165, 1.54) is 7.11 Å². The van der Waals surface area contributed by atoms with Crippen molar-refractivity contribution in [2.45, 2.75) is 20.8 Å². The Kier molecular flexibility index (Phi) is 6.44. The Morgan fingerprint density at radius 1 is 0.882 bits per heavy atom. The zero-order chi connectivity index (χ0) is 24.2. The van der Waals surface area contributed by atoms with Gasteiger partial charge in [0.15, 0.2) is 17.3 Å². The zero-order valence-electron chi connectivity index (χ0n) is 19.6. The first-order valence-electron chi connectivity index (χ1n) is 10.6. The number of methoxy groups -OCH3 is 2. The van der Waals surface area contributed by atoms with Gasteiger partial charge >= 0.3 is 0 Å². The van der Waals surface area contributed by atoms with Gasteiger partial charge in [-0.2, -0.15) is 5.10 Å². The minimum Gasteiger partial charge on any atom is -0.493 e. The first-order chi connectivity index (χ1) is 16.4. The summed E-state index contributed by atoms with van der Waals surface area (Å²) in [5, 5.41) is 15.7. The van der Waals surface area contributed by atoms with Gasteiger partial charge in [0.05, 0.1) is 19.9 Å². The Hall–Kier alpha value is -4.40. The van der Waals surface area contributed by atoms with Crippen molar-refractivity contribution in [3.05, 3.63) is 77.1 Å². The molecule has 9 heteroatoms. The van der Waals surface area contributed by atoms with Gasteiger partial charge in [-0.25, -0.2) is 4.68 Å². The van der Waals surface area contributed by atoms with E-state index in [0.717, 1.165) is 17.0 Å². The molecule has 0 spiro atoms. The van der Waals surface area contributed by atoms with E-state index in [9.17, 15) is 4.79 Å². The quantitative estimate of drug-likeness (QED) is 0.429. The molecule has 2 aromatic heterocycles. The van der Waals surface area contributed by atoms with Crippen molar-refractivity contribution in [2.24, 2.45) is 0 Å². The molecule has 0 radical (unpaired) electrons. The van der Waals surface area contributed by atoms with Crippen LogP contribution >= 0.6 is 0 Å². The highest BCUT2D eigenvalue weighted by Gasteiger charge is 2.12. The van der Waals surface area contributed by atoms with E-state index in [4.69, 9.17) is 14.2 Å². The summed E-state index contributed by atoms with van der Waals surface area (Å²) in [6.45, 7) is 5.98. The second-order valence-electron chi connectivity index (χ2n) is 7.59. The number of hydrogen-bond donors (Lipinski definition) is 1. The number of carbonyl (C=O) groups is 1. The number of nitrogens with one attached hydrogen (secondary N) is 1. The zero-order valence-corrected chi connectivity index (χ0v) is 19.6. The van der Waals surface area contributed by atoms with Crippen LogP contribution in [0.2, 0.25) is 0 Å². The second-order valence-corrected chi connectivity index (χ2v) is 7.59. The van der Waals surface area contributed by atoms with Crippen LogP contribution in [0.1, 0.15) is 27.3 Å². The normalized spacial score (nSPS) is 10.6. The van der Waals surface area contributed by atoms with E-state index in [2.05, 4.69) is 20.6 Å². The minimum absolute atomic E-state index is 0.268. The van der Waals surface area contributed by atoms with Gasteiger partial charge in [0.1, 0.15) is 5.75 Å². The molecule has 0 atom stereocenters. The molecule has 1 amide bonds. The lowest BCUT2D eigenvalue weighted by Gasteiger charge is -2.10. The molecule has 0 fully saturated rings. The third-order valence-corrected chi connectivity index (χ3v) is 5.48. The van der Waals surface area contributed by atoms with E-state index in [1.807, 2.05) is 20.8 Å². The van der Waals surface area contributed by atoms with Gasteiger partial charge in [0.25, 0.3) is 5.91 Å². The van der Waals surface area contributed by atoms with Crippen LogP contribution in [-0.4, -0.2) is 40.1 Å². The predicted octanol–water partition coefficient (Wildman–Crippen LogP) is 4.65. The smallest absolute Gasteiger partial charge is 0.255 e. The molecule has 0 aliphatic rings. The maximum atomic E-state index is 12.6. The van der Waals surface area contributed by atoms with Gasteiger partial charge < -0.3 is 19.5 Å². The van der Waals surface area contributed by atoms with Crippen LogP contribution in [0.15, 0.2) is 54.6 Å². The second kappa shape index (κ2) is 9.62. The fraction of sp³-hybridized carbons (Fsp3) is 0.200. The van der Waals surface area contributed by atoms with Gasteiger partial charge in [-0.05, 0) is 74.9 Å². The molecule has 0 unspecified atom stereocenters. The van der Waals surface area contributed by atoms with Gasteiger partial charge in [0.2, 0.25) is 5.88 Å². The average Bonchev–Trinajstić information content (AvgIpc) is 3.12. The van der Waals surface area contributed by atoms with Crippen molar-refractivity contribution < 1.29 is 19.0 Å². The molecule has 0 bridgehead atoms. The summed E-state index contributed by atoms with van der Waals surface area (Å²) in [5.41, 5.74) is 4.17. The molecule has 9 nitrogen and oxygen atoms in total. The minimum atomic E-state index is -0.268. The van der Waals surface area contributed by atoms with E-state index in [0.29, 0.717) is 40.2 Å². The molecule has 1 N–H and O–H groups in total. The Bertz CT molecular complexity index is 1310. The number of carbonyl (C=O) groups excluding carboxylic acids is 1. The van der Waals surface area contributed by atoms with E-state index in [-0.39, 0.29) is 5.91 Å². The third-order valence-electron chi connectivity index (χ3n) is 5.48.